The van der Waals surface area contributed by atoms with E-state index in [0.717, 1.165) is 50.5 Å². The molecular formula is C17H22ClNO2. The number of aliphatic hydroxyl groups is 1. The van der Waals surface area contributed by atoms with E-state index in [1.165, 1.54) is 0 Å². The van der Waals surface area contributed by atoms with Gasteiger partial charge in [0.25, 0.3) is 0 Å². The van der Waals surface area contributed by atoms with Gasteiger partial charge in [0.15, 0.2) is 0 Å². The van der Waals surface area contributed by atoms with Crippen LogP contribution in [0.25, 0.3) is 0 Å². The van der Waals surface area contributed by atoms with Crippen molar-refractivity contribution in [2.24, 2.45) is 0 Å². The normalized spacial score (nSPS) is 22.6. The second kappa shape index (κ2) is 5.62. The van der Waals surface area contributed by atoms with Gasteiger partial charge in [0, 0.05) is 5.02 Å². The largest absolute Gasteiger partial charge is 0.389 e. The highest BCUT2D eigenvalue weighted by Gasteiger charge is 2.46. The van der Waals surface area contributed by atoms with Crippen molar-refractivity contribution < 1.29 is 9.90 Å². The number of carbonyl (C=O) groups excluding carboxylic acids is 1. The van der Waals surface area contributed by atoms with Gasteiger partial charge in [0.05, 0.1) is 17.6 Å². The quantitative estimate of drug-likeness (QED) is 0.894. The molecule has 0 aliphatic heterocycles. The van der Waals surface area contributed by atoms with E-state index in [1.54, 1.807) is 0 Å². The molecule has 0 heterocycles. The molecule has 114 valence electrons. The monoisotopic (exact) mass is 307 g/mol. The summed E-state index contributed by atoms with van der Waals surface area (Å²) in [5.74, 6) is -0.0446. The first-order valence-electron chi connectivity index (χ1n) is 7.81. The van der Waals surface area contributed by atoms with Crippen LogP contribution in [0.1, 0.15) is 56.9 Å². The first-order valence-corrected chi connectivity index (χ1v) is 8.19. The van der Waals surface area contributed by atoms with E-state index in [0.29, 0.717) is 5.02 Å². The minimum Gasteiger partial charge on any atom is -0.389 e. The molecule has 4 heteroatoms. The van der Waals surface area contributed by atoms with Crippen LogP contribution in [0, 0.1) is 0 Å². The van der Waals surface area contributed by atoms with Crippen LogP contribution in [0.4, 0.5) is 0 Å². The highest BCUT2D eigenvalue weighted by molar-refractivity contribution is 6.30. The number of rotatable bonds is 4. The number of carbonyl (C=O) groups is 1. The molecule has 1 aromatic rings. The molecule has 2 saturated carbocycles. The molecule has 0 radical (unpaired) electrons. The zero-order chi connectivity index (χ0) is 14.9. The fraction of sp³-hybridized carbons (Fsp3) is 0.588. The maximum absolute atomic E-state index is 12.3. The molecule has 1 aromatic carbocycles. The lowest BCUT2D eigenvalue weighted by Crippen LogP contribution is -2.42. The minimum absolute atomic E-state index is 0.0446. The SMILES string of the molecule is O=C(CC1(O)CCCCC1)NC1(c2cccc(Cl)c2)CC1. The van der Waals surface area contributed by atoms with Crippen molar-refractivity contribution in [1.82, 2.24) is 5.32 Å². The number of hydrogen-bond acceptors (Lipinski definition) is 2. The summed E-state index contributed by atoms with van der Waals surface area (Å²) in [7, 11) is 0. The van der Waals surface area contributed by atoms with Crippen LogP contribution in [-0.2, 0) is 10.3 Å². The van der Waals surface area contributed by atoms with Crippen molar-refractivity contribution in [3.05, 3.63) is 34.9 Å². The average molecular weight is 308 g/mol. The maximum atomic E-state index is 12.3. The van der Waals surface area contributed by atoms with Crippen LogP contribution in [0.2, 0.25) is 5.02 Å². The fourth-order valence-electron chi connectivity index (χ4n) is 3.39. The van der Waals surface area contributed by atoms with E-state index in [9.17, 15) is 9.90 Å². The molecule has 21 heavy (non-hydrogen) atoms. The smallest absolute Gasteiger partial charge is 0.223 e. The van der Waals surface area contributed by atoms with Gasteiger partial charge in [0.2, 0.25) is 5.91 Å². The van der Waals surface area contributed by atoms with Crippen molar-refractivity contribution in [2.75, 3.05) is 0 Å². The molecular weight excluding hydrogens is 286 g/mol. The molecule has 0 spiro atoms. The molecule has 3 nitrogen and oxygen atoms in total. The van der Waals surface area contributed by atoms with E-state index in [-0.39, 0.29) is 17.9 Å². The van der Waals surface area contributed by atoms with Crippen molar-refractivity contribution in [3.8, 4) is 0 Å². The van der Waals surface area contributed by atoms with Gasteiger partial charge in [-0.1, -0.05) is 43.0 Å². The lowest BCUT2D eigenvalue weighted by molar-refractivity contribution is -0.128. The highest BCUT2D eigenvalue weighted by Crippen LogP contribution is 2.46. The Bertz CT molecular complexity index is 533. The Kier molecular flexibility index (Phi) is 3.98. The fourth-order valence-corrected chi connectivity index (χ4v) is 3.58. The molecule has 3 rings (SSSR count). The second-order valence-electron chi connectivity index (χ2n) is 6.60. The van der Waals surface area contributed by atoms with E-state index in [4.69, 9.17) is 11.6 Å². The van der Waals surface area contributed by atoms with Crippen LogP contribution in [0.5, 0.6) is 0 Å². The lowest BCUT2D eigenvalue weighted by Gasteiger charge is -2.32. The summed E-state index contributed by atoms with van der Waals surface area (Å²) in [6, 6.07) is 7.69. The molecule has 2 fully saturated rings. The molecule has 0 aromatic heterocycles. The van der Waals surface area contributed by atoms with Gasteiger partial charge in [-0.15, -0.1) is 0 Å². The van der Waals surface area contributed by atoms with Crippen LogP contribution in [-0.4, -0.2) is 16.6 Å². The van der Waals surface area contributed by atoms with Gasteiger partial charge in [-0.3, -0.25) is 4.79 Å². The van der Waals surface area contributed by atoms with Crippen LogP contribution < -0.4 is 5.32 Å². The van der Waals surface area contributed by atoms with E-state index < -0.39 is 5.60 Å². The van der Waals surface area contributed by atoms with Gasteiger partial charge < -0.3 is 10.4 Å². The van der Waals surface area contributed by atoms with Crippen molar-refractivity contribution in [3.63, 3.8) is 0 Å². The van der Waals surface area contributed by atoms with Crippen LogP contribution in [0.3, 0.4) is 0 Å². The summed E-state index contributed by atoms with van der Waals surface area (Å²) < 4.78 is 0. The number of amides is 1. The highest BCUT2D eigenvalue weighted by atomic mass is 35.5. The van der Waals surface area contributed by atoms with Gasteiger partial charge in [-0.05, 0) is 43.4 Å². The van der Waals surface area contributed by atoms with Crippen molar-refractivity contribution >= 4 is 17.5 Å². The minimum atomic E-state index is -0.799. The molecule has 2 N–H and O–H groups in total. The molecule has 0 saturated heterocycles. The van der Waals surface area contributed by atoms with Gasteiger partial charge in [-0.2, -0.15) is 0 Å². The van der Waals surface area contributed by atoms with Crippen LogP contribution in [0.15, 0.2) is 24.3 Å². The van der Waals surface area contributed by atoms with Gasteiger partial charge in [-0.25, -0.2) is 0 Å². The van der Waals surface area contributed by atoms with Crippen LogP contribution >= 0.6 is 11.6 Å². The number of nitrogens with one attached hydrogen (secondary N) is 1. The summed E-state index contributed by atoms with van der Waals surface area (Å²) in [5.41, 5.74) is 0.0127. The Morgan fingerprint density at radius 3 is 2.52 bits per heavy atom. The first-order chi connectivity index (χ1) is 10.0. The average Bonchev–Trinajstić information content (AvgIpc) is 3.19. The Hall–Kier alpha value is -1.06. The Balaban J connectivity index is 1.64. The third-order valence-corrected chi connectivity index (χ3v) is 5.01. The Morgan fingerprint density at radius 2 is 1.90 bits per heavy atom. The predicted octanol–water partition coefficient (Wildman–Crippen LogP) is 3.53. The zero-order valence-electron chi connectivity index (χ0n) is 12.2. The predicted molar refractivity (Wildman–Crippen MR) is 83.2 cm³/mol. The molecule has 0 atom stereocenters. The molecule has 1 amide bonds. The first kappa shape index (κ1) is 14.9. The summed E-state index contributed by atoms with van der Waals surface area (Å²) in [4.78, 5) is 12.3. The third-order valence-electron chi connectivity index (χ3n) is 4.78. The number of benzene rings is 1. The molecule has 2 aliphatic rings. The lowest BCUT2D eigenvalue weighted by atomic mass is 9.82. The van der Waals surface area contributed by atoms with E-state index in [1.807, 2.05) is 24.3 Å². The maximum Gasteiger partial charge on any atom is 0.223 e. The Morgan fingerprint density at radius 1 is 1.19 bits per heavy atom. The number of halogens is 1. The van der Waals surface area contributed by atoms with E-state index in [2.05, 4.69) is 5.32 Å². The molecule has 2 aliphatic carbocycles. The summed E-state index contributed by atoms with van der Waals surface area (Å²) in [6.07, 6.45) is 6.78. The second-order valence-corrected chi connectivity index (χ2v) is 7.04. The molecule has 0 bridgehead atoms. The summed E-state index contributed by atoms with van der Waals surface area (Å²) >= 11 is 6.04. The van der Waals surface area contributed by atoms with Gasteiger partial charge in [0.1, 0.15) is 0 Å². The molecule has 0 unspecified atom stereocenters. The summed E-state index contributed by atoms with van der Waals surface area (Å²) in [5, 5.41) is 14.3. The standard InChI is InChI=1S/C17H22ClNO2/c18-14-6-4-5-13(11-14)17(9-10-17)19-15(20)12-16(21)7-2-1-3-8-16/h4-6,11,21H,1-3,7-10,12H2,(H,19,20). The zero-order valence-corrected chi connectivity index (χ0v) is 13.0. The third kappa shape index (κ3) is 3.41. The van der Waals surface area contributed by atoms with E-state index >= 15 is 0 Å². The Labute approximate surface area is 130 Å². The van der Waals surface area contributed by atoms with Crippen molar-refractivity contribution in [2.45, 2.75) is 62.5 Å². The van der Waals surface area contributed by atoms with Crippen molar-refractivity contribution in [1.29, 1.82) is 0 Å². The summed E-state index contributed by atoms with van der Waals surface area (Å²) in [6.45, 7) is 0. The number of hydrogen-bond donors (Lipinski definition) is 2. The topological polar surface area (TPSA) is 49.3 Å². The van der Waals surface area contributed by atoms with Gasteiger partial charge >= 0.3 is 0 Å².